The fourth-order valence-electron chi connectivity index (χ4n) is 1.55. The summed E-state index contributed by atoms with van der Waals surface area (Å²) in [5.41, 5.74) is 0. The predicted octanol–water partition coefficient (Wildman–Crippen LogP) is 3.00. The molecule has 0 aliphatic carbocycles. The van der Waals surface area contributed by atoms with E-state index in [9.17, 15) is 4.79 Å². The minimum atomic E-state index is -0.667. The number of rotatable bonds is 9. The van der Waals surface area contributed by atoms with Crippen molar-refractivity contribution in [3.05, 3.63) is 0 Å². The molecule has 0 aromatic rings. The number of carboxylic acid groups (broad SMARTS) is 1. The molecule has 3 heteroatoms. The number of carbonyl (C=O) groups is 1. The van der Waals surface area contributed by atoms with Crippen LogP contribution in [-0.2, 0) is 4.79 Å². The molecule has 0 saturated carbocycles. The Labute approximate surface area is 99.8 Å². The Morgan fingerprint density at radius 3 is 2.19 bits per heavy atom. The van der Waals surface area contributed by atoms with Crippen LogP contribution in [0.5, 0.6) is 0 Å². The molecule has 0 heterocycles. The van der Waals surface area contributed by atoms with Crippen LogP contribution in [0.2, 0.25) is 0 Å². The lowest BCUT2D eigenvalue weighted by Gasteiger charge is -2.20. The van der Waals surface area contributed by atoms with Crippen LogP contribution in [0.3, 0.4) is 0 Å². The molecule has 0 aromatic carbocycles. The lowest BCUT2D eigenvalue weighted by Crippen LogP contribution is -2.27. The number of aliphatic carboxylic acids is 1. The molecule has 0 aliphatic rings. The van der Waals surface area contributed by atoms with Crippen LogP contribution < -0.4 is 0 Å². The second-order valence-corrected chi connectivity index (χ2v) is 5.02. The van der Waals surface area contributed by atoms with E-state index in [4.69, 9.17) is 5.11 Å². The van der Waals surface area contributed by atoms with Gasteiger partial charge in [-0.05, 0) is 40.3 Å². The molecular weight excluding hydrogens is 202 g/mol. The average molecular weight is 229 g/mol. The van der Waals surface area contributed by atoms with E-state index in [-0.39, 0.29) is 5.92 Å². The fourth-order valence-corrected chi connectivity index (χ4v) is 1.55. The number of carboxylic acids is 1. The second kappa shape index (κ2) is 8.57. The SMILES string of the molecule is CC(CCCCCCN(C)C(C)C)C(=O)O. The van der Waals surface area contributed by atoms with Gasteiger partial charge in [0.2, 0.25) is 0 Å². The van der Waals surface area contributed by atoms with E-state index >= 15 is 0 Å². The van der Waals surface area contributed by atoms with Gasteiger partial charge in [-0.2, -0.15) is 0 Å². The van der Waals surface area contributed by atoms with Gasteiger partial charge >= 0.3 is 5.97 Å². The largest absolute Gasteiger partial charge is 0.481 e. The van der Waals surface area contributed by atoms with E-state index < -0.39 is 5.97 Å². The first kappa shape index (κ1) is 15.4. The monoisotopic (exact) mass is 229 g/mol. The standard InChI is InChI=1S/C13H27NO2/c1-11(2)14(4)10-8-6-5-7-9-12(3)13(15)16/h11-12H,5-10H2,1-4H3,(H,15,16). The molecule has 1 atom stereocenters. The van der Waals surface area contributed by atoms with Crippen LogP contribution in [0.25, 0.3) is 0 Å². The summed E-state index contributed by atoms with van der Waals surface area (Å²) in [4.78, 5) is 12.9. The minimum absolute atomic E-state index is 0.182. The summed E-state index contributed by atoms with van der Waals surface area (Å²) >= 11 is 0. The Bertz CT molecular complexity index is 192. The van der Waals surface area contributed by atoms with Crippen LogP contribution in [0.4, 0.5) is 0 Å². The zero-order valence-corrected chi connectivity index (χ0v) is 11.2. The van der Waals surface area contributed by atoms with Crippen LogP contribution in [0.1, 0.15) is 52.9 Å². The van der Waals surface area contributed by atoms with Gasteiger partial charge in [-0.25, -0.2) is 0 Å². The van der Waals surface area contributed by atoms with Gasteiger partial charge in [0.25, 0.3) is 0 Å². The summed E-state index contributed by atoms with van der Waals surface area (Å²) in [6, 6.07) is 0.618. The summed E-state index contributed by atoms with van der Waals surface area (Å²) in [5, 5.41) is 8.71. The highest BCUT2D eigenvalue weighted by molar-refractivity contribution is 5.69. The molecule has 96 valence electrons. The molecule has 1 N–H and O–H groups in total. The zero-order chi connectivity index (χ0) is 12.6. The number of hydrogen-bond donors (Lipinski definition) is 1. The topological polar surface area (TPSA) is 40.5 Å². The third-order valence-electron chi connectivity index (χ3n) is 3.20. The van der Waals surface area contributed by atoms with Crippen molar-refractivity contribution < 1.29 is 9.90 Å². The molecular formula is C13H27NO2. The molecule has 0 aliphatic heterocycles. The van der Waals surface area contributed by atoms with Crippen molar-refractivity contribution >= 4 is 5.97 Å². The number of hydrogen-bond acceptors (Lipinski definition) is 2. The Hall–Kier alpha value is -0.570. The summed E-state index contributed by atoms with van der Waals surface area (Å²) in [6.07, 6.45) is 5.44. The van der Waals surface area contributed by atoms with E-state index in [0.717, 1.165) is 25.8 Å². The molecule has 0 saturated heterocycles. The third-order valence-corrected chi connectivity index (χ3v) is 3.20. The lowest BCUT2D eigenvalue weighted by atomic mass is 10.0. The molecule has 0 aromatic heterocycles. The maximum atomic E-state index is 10.6. The Kier molecular flexibility index (Phi) is 8.26. The smallest absolute Gasteiger partial charge is 0.306 e. The van der Waals surface area contributed by atoms with Crippen molar-refractivity contribution in [2.24, 2.45) is 5.92 Å². The quantitative estimate of drug-likeness (QED) is 0.618. The molecule has 0 bridgehead atoms. The van der Waals surface area contributed by atoms with E-state index in [1.807, 2.05) is 0 Å². The van der Waals surface area contributed by atoms with Crippen molar-refractivity contribution in [1.82, 2.24) is 4.90 Å². The van der Waals surface area contributed by atoms with E-state index in [0.29, 0.717) is 6.04 Å². The van der Waals surface area contributed by atoms with E-state index in [1.54, 1.807) is 6.92 Å². The van der Waals surface area contributed by atoms with Gasteiger partial charge in [0.05, 0.1) is 5.92 Å². The molecule has 3 nitrogen and oxygen atoms in total. The molecule has 0 spiro atoms. The number of unbranched alkanes of at least 4 members (excludes halogenated alkanes) is 3. The maximum Gasteiger partial charge on any atom is 0.306 e. The average Bonchev–Trinajstić information content (AvgIpc) is 2.21. The maximum absolute atomic E-state index is 10.6. The van der Waals surface area contributed by atoms with Gasteiger partial charge in [-0.15, -0.1) is 0 Å². The van der Waals surface area contributed by atoms with Gasteiger partial charge in [0.1, 0.15) is 0 Å². The van der Waals surface area contributed by atoms with E-state index in [1.165, 1.54) is 12.8 Å². The van der Waals surface area contributed by atoms with Gasteiger partial charge in [0.15, 0.2) is 0 Å². The lowest BCUT2D eigenvalue weighted by molar-refractivity contribution is -0.141. The first-order valence-electron chi connectivity index (χ1n) is 6.38. The molecule has 0 amide bonds. The van der Waals surface area contributed by atoms with Crippen LogP contribution in [0, 0.1) is 5.92 Å². The van der Waals surface area contributed by atoms with Crippen molar-refractivity contribution in [1.29, 1.82) is 0 Å². The molecule has 0 rings (SSSR count). The second-order valence-electron chi connectivity index (χ2n) is 5.02. The van der Waals surface area contributed by atoms with Gasteiger partial charge in [-0.1, -0.05) is 26.2 Å². The van der Waals surface area contributed by atoms with Crippen LogP contribution in [0.15, 0.2) is 0 Å². The third kappa shape index (κ3) is 7.69. The minimum Gasteiger partial charge on any atom is -0.481 e. The van der Waals surface area contributed by atoms with Crippen LogP contribution >= 0.6 is 0 Å². The fraction of sp³-hybridized carbons (Fsp3) is 0.923. The summed E-state index contributed by atoms with van der Waals surface area (Å²) in [7, 11) is 2.15. The van der Waals surface area contributed by atoms with Gasteiger partial charge in [-0.3, -0.25) is 4.79 Å². The molecule has 1 unspecified atom stereocenters. The highest BCUT2D eigenvalue weighted by Crippen LogP contribution is 2.11. The van der Waals surface area contributed by atoms with E-state index in [2.05, 4.69) is 25.8 Å². The summed E-state index contributed by atoms with van der Waals surface area (Å²) in [6.45, 7) is 7.34. The van der Waals surface area contributed by atoms with Crippen LogP contribution in [-0.4, -0.2) is 35.6 Å². The van der Waals surface area contributed by atoms with Gasteiger partial charge in [0, 0.05) is 6.04 Å². The Morgan fingerprint density at radius 2 is 1.69 bits per heavy atom. The van der Waals surface area contributed by atoms with Crippen molar-refractivity contribution in [3.63, 3.8) is 0 Å². The zero-order valence-electron chi connectivity index (χ0n) is 11.2. The molecule has 16 heavy (non-hydrogen) atoms. The van der Waals surface area contributed by atoms with Crippen molar-refractivity contribution in [2.45, 2.75) is 58.9 Å². The molecule has 0 fully saturated rings. The van der Waals surface area contributed by atoms with Crippen molar-refractivity contribution in [2.75, 3.05) is 13.6 Å². The predicted molar refractivity (Wildman–Crippen MR) is 67.7 cm³/mol. The summed E-state index contributed by atoms with van der Waals surface area (Å²) in [5.74, 6) is -0.849. The first-order valence-corrected chi connectivity index (χ1v) is 6.38. The normalized spacial score (nSPS) is 13.4. The highest BCUT2D eigenvalue weighted by atomic mass is 16.4. The Morgan fingerprint density at radius 1 is 1.12 bits per heavy atom. The summed E-state index contributed by atoms with van der Waals surface area (Å²) < 4.78 is 0. The highest BCUT2D eigenvalue weighted by Gasteiger charge is 2.09. The van der Waals surface area contributed by atoms with Gasteiger partial charge < -0.3 is 10.0 Å². The number of nitrogens with zero attached hydrogens (tertiary/aromatic N) is 1. The first-order chi connectivity index (χ1) is 7.45. The molecule has 0 radical (unpaired) electrons. The Balaban J connectivity index is 3.31. The van der Waals surface area contributed by atoms with Crippen molar-refractivity contribution in [3.8, 4) is 0 Å².